The molecule has 3 rings (SSSR count). The number of methoxy groups -OCH3 is 1. The summed E-state index contributed by atoms with van der Waals surface area (Å²) in [5, 5.41) is 0.544. The number of aromatic nitrogens is 3. The molecule has 102 valence electrons. The number of nitrogens with two attached hydrogens (primary N) is 1. The van der Waals surface area contributed by atoms with Crippen LogP contribution >= 0.6 is 11.6 Å². The lowest BCUT2D eigenvalue weighted by molar-refractivity contribution is 0.415. The minimum atomic E-state index is 0.377. The maximum Gasteiger partial charge on any atom is 0.207 e. The van der Waals surface area contributed by atoms with E-state index in [0.29, 0.717) is 22.4 Å². The number of aryl methyl sites for hydroxylation is 1. The van der Waals surface area contributed by atoms with Gasteiger partial charge in [-0.05, 0) is 30.7 Å². The first kappa shape index (κ1) is 12.7. The zero-order valence-corrected chi connectivity index (χ0v) is 11.8. The summed E-state index contributed by atoms with van der Waals surface area (Å²) in [6.45, 7) is 1.97. The van der Waals surface area contributed by atoms with Crippen molar-refractivity contribution in [3.05, 3.63) is 41.0 Å². The van der Waals surface area contributed by atoms with E-state index in [4.69, 9.17) is 22.1 Å². The third-order valence-electron chi connectivity index (χ3n) is 3.05. The van der Waals surface area contributed by atoms with Crippen LogP contribution in [0.1, 0.15) is 5.56 Å². The molecule has 0 aliphatic carbocycles. The highest BCUT2D eigenvalue weighted by atomic mass is 35.5. The van der Waals surface area contributed by atoms with E-state index in [-0.39, 0.29) is 0 Å². The van der Waals surface area contributed by atoms with Crippen molar-refractivity contribution in [2.75, 3.05) is 12.8 Å². The van der Waals surface area contributed by atoms with E-state index in [0.717, 1.165) is 16.8 Å². The second-order valence-corrected chi connectivity index (χ2v) is 4.89. The molecule has 0 radical (unpaired) electrons. The molecule has 2 aromatic heterocycles. The third kappa shape index (κ3) is 1.96. The van der Waals surface area contributed by atoms with Gasteiger partial charge in [-0.2, -0.15) is 0 Å². The number of hydrogen-bond acceptors (Lipinski definition) is 4. The molecule has 1 aromatic carbocycles. The number of halogens is 1. The van der Waals surface area contributed by atoms with Crippen molar-refractivity contribution >= 4 is 28.7 Å². The number of nitrogen functional groups attached to an aromatic ring is 1. The van der Waals surface area contributed by atoms with Gasteiger partial charge in [0, 0.05) is 12.3 Å². The van der Waals surface area contributed by atoms with Crippen LogP contribution in [0.2, 0.25) is 5.02 Å². The molecule has 3 aromatic rings. The van der Waals surface area contributed by atoms with Gasteiger partial charge in [-0.3, -0.25) is 4.57 Å². The minimum Gasteiger partial charge on any atom is -0.495 e. The zero-order chi connectivity index (χ0) is 14.3. The van der Waals surface area contributed by atoms with Crippen LogP contribution < -0.4 is 10.5 Å². The van der Waals surface area contributed by atoms with Gasteiger partial charge in [0.05, 0.1) is 17.8 Å². The fourth-order valence-electron chi connectivity index (χ4n) is 2.13. The Labute approximate surface area is 121 Å². The maximum atomic E-state index is 6.04. The highest BCUT2D eigenvalue weighted by Crippen LogP contribution is 2.29. The van der Waals surface area contributed by atoms with E-state index < -0.39 is 0 Å². The Morgan fingerprint density at radius 1 is 1.30 bits per heavy atom. The predicted octanol–water partition coefficient (Wildman–Crippen LogP) is 2.97. The quantitative estimate of drug-likeness (QED) is 0.787. The van der Waals surface area contributed by atoms with Crippen LogP contribution in [-0.2, 0) is 0 Å². The number of rotatable bonds is 2. The van der Waals surface area contributed by atoms with Crippen LogP contribution in [0.5, 0.6) is 5.75 Å². The average molecular weight is 289 g/mol. The average Bonchev–Trinajstić information content (AvgIpc) is 2.74. The van der Waals surface area contributed by atoms with E-state index in [9.17, 15) is 0 Å². The first-order valence-corrected chi connectivity index (χ1v) is 6.42. The Morgan fingerprint density at radius 2 is 2.10 bits per heavy atom. The van der Waals surface area contributed by atoms with E-state index in [1.54, 1.807) is 30.0 Å². The Kier molecular flexibility index (Phi) is 2.99. The van der Waals surface area contributed by atoms with Crippen LogP contribution in [0.15, 0.2) is 30.5 Å². The highest BCUT2D eigenvalue weighted by molar-refractivity contribution is 6.32. The van der Waals surface area contributed by atoms with Gasteiger partial charge < -0.3 is 10.5 Å². The normalized spacial score (nSPS) is 10.9. The van der Waals surface area contributed by atoms with Crippen LogP contribution in [0, 0.1) is 6.92 Å². The Morgan fingerprint density at radius 3 is 2.85 bits per heavy atom. The molecule has 0 amide bonds. The van der Waals surface area contributed by atoms with E-state index in [1.165, 1.54) is 0 Å². The molecule has 0 unspecified atom stereocenters. The summed E-state index contributed by atoms with van der Waals surface area (Å²) in [5.74, 6) is 0.958. The van der Waals surface area contributed by atoms with Gasteiger partial charge in [0.1, 0.15) is 11.3 Å². The molecule has 2 N–H and O–H groups in total. The van der Waals surface area contributed by atoms with Crippen LogP contribution in [-0.4, -0.2) is 21.6 Å². The molecule has 0 saturated heterocycles. The number of benzene rings is 1. The number of hydrogen-bond donors (Lipinski definition) is 1. The minimum absolute atomic E-state index is 0.377. The number of ether oxygens (including phenoxy) is 1. The lowest BCUT2D eigenvalue weighted by atomic mass is 10.3. The first-order chi connectivity index (χ1) is 9.60. The second kappa shape index (κ2) is 4.68. The molecule has 0 fully saturated rings. The van der Waals surface area contributed by atoms with Crippen molar-refractivity contribution in [3.8, 4) is 11.4 Å². The van der Waals surface area contributed by atoms with Gasteiger partial charge >= 0.3 is 0 Å². The lowest BCUT2D eigenvalue weighted by Crippen LogP contribution is -2.02. The molecule has 0 aliphatic rings. The molecule has 20 heavy (non-hydrogen) atoms. The molecule has 0 bridgehead atoms. The molecular formula is C14H13ClN4O. The standard InChI is InChI=1S/C14H13ClN4O/c1-8-5-11-13(17-7-8)19(14(16)18-11)9-3-4-10(15)12(6-9)20-2/h3-7H,1-2H3,(H2,16,18). The van der Waals surface area contributed by atoms with Crippen LogP contribution in [0.25, 0.3) is 16.9 Å². The van der Waals surface area contributed by atoms with E-state index in [2.05, 4.69) is 9.97 Å². The maximum absolute atomic E-state index is 6.04. The van der Waals surface area contributed by atoms with Crippen molar-refractivity contribution in [1.29, 1.82) is 0 Å². The number of anilines is 1. The third-order valence-corrected chi connectivity index (χ3v) is 3.37. The lowest BCUT2D eigenvalue weighted by Gasteiger charge is -2.09. The van der Waals surface area contributed by atoms with Crippen LogP contribution in [0.4, 0.5) is 5.95 Å². The topological polar surface area (TPSA) is 66.0 Å². The van der Waals surface area contributed by atoms with Crippen molar-refractivity contribution in [2.24, 2.45) is 0 Å². The van der Waals surface area contributed by atoms with Gasteiger partial charge in [-0.1, -0.05) is 11.6 Å². The van der Waals surface area contributed by atoms with Gasteiger partial charge in [0.2, 0.25) is 5.95 Å². The largest absolute Gasteiger partial charge is 0.495 e. The van der Waals surface area contributed by atoms with Gasteiger partial charge in [-0.15, -0.1) is 0 Å². The van der Waals surface area contributed by atoms with Crippen molar-refractivity contribution in [2.45, 2.75) is 6.92 Å². The van der Waals surface area contributed by atoms with Crippen molar-refractivity contribution < 1.29 is 4.74 Å². The van der Waals surface area contributed by atoms with Crippen molar-refractivity contribution in [3.63, 3.8) is 0 Å². The Balaban J connectivity index is 2.26. The van der Waals surface area contributed by atoms with Gasteiger partial charge in [-0.25, -0.2) is 9.97 Å². The van der Waals surface area contributed by atoms with Gasteiger partial charge in [0.25, 0.3) is 0 Å². The number of pyridine rings is 1. The van der Waals surface area contributed by atoms with Gasteiger partial charge in [0.15, 0.2) is 5.65 Å². The second-order valence-electron chi connectivity index (χ2n) is 4.48. The molecule has 0 spiro atoms. The molecule has 6 heteroatoms. The van der Waals surface area contributed by atoms with Crippen molar-refractivity contribution in [1.82, 2.24) is 14.5 Å². The SMILES string of the molecule is COc1cc(-n2c(N)nc3cc(C)cnc32)ccc1Cl. The molecule has 0 atom stereocenters. The fraction of sp³-hybridized carbons (Fsp3) is 0.143. The Hall–Kier alpha value is -2.27. The smallest absolute Gasteiger partial charge is 0.207 e. The highest BCUT2D eigenvalue weighted by Gasteiger charge is 2.13. The summed E-state index contributed by atoms with van der Waals surface area (Å²) >= 11 is 6.04. The summed E-state index contributed by atoms with van der Waals surface area (Å²) in [6, 6.07) is 7.36. The summed E-state index contributed by atoms with van der Waals surface area (Å²) in [7, 11) is 1.57. The molecular weight excluding hydrogens is 276 g/mol. The molecule has 5 nitrogen and oxygen atoms in total. The summed E-state index contributed by atoms with van der Waals surface area (Å²) in [4.78, 5) is 8.74. The predicted molar refractivity (Wildman–Crippen MR) is 79.6 cm³/mol. The summed E-state index contributed by atoms with van der Waals surface area (Å²) < 4.78 is 7.00. The summed E-state index contributed by atoms with van der Waals surface area (Å²) in [5.41, 5.74) is 9.32. The number of imidazole rings is 1. The fourth-order valence-corrected chi connectivity index (χ4v) is 2.32. The molecule has 2 heterocycles. The molecule has 0 aliphatic heterocycles. The first-order valence-electron chi connectivity index (χ1n) is 6.04. The number of nitrogens with zero attached hydrogens (tertiary/aromatic N) is 3. The summed E-state index contributed by atoms with van der Waals surface area (Å²) in [6.07, 6.45) is 1.78. The van der Waals surface area contributed by atoms with E-state index in [1.807, 2.05) is 19.1 Å². The van der Waals surface area contributed by atoms with Crippen LogP contribution in [0.3, 0.4) is 0 Å². The molecule has 0 saturated carbocycles. The van der Waals surface area contributed by atoms with E-state index >= 15 is 0 Å². The zero-order valence-electron chi connectivity index (χ0n) is 11.1. The number of fused-ring (bicyclic) bond motifs is 1. The Bertz CT molecular complexity index is 797. The monoisotopic (exact) mass is 288 g/mol.